The lowest BCUT2D eigenvalue weighted by Gasteiger charge is -2.15. The van der Waals surface area contributed by atoms with Gasteiger partial charge in [0, 0.05) is 12.5 Å². The second-order valence-corrected chi connectivity index (χ2v) is 3.02. The van der Waals surface area contributed by atoms with E-state index < -0.39 is 0 Å². The summed E-state index contributed by atoms with van der Waals surface area (Å²) in [6.07, 6.45) is 6.96. The molecule has 0 fully saturated rings. The predicted octanol–water partition coefficient (Wildman–Crippen LogP) is 1.13. The number of hydrogen-bond donors (Lipinski definition) is 0. The number of rotatable bonds is 0. The number of nitrogens with zero attached hydrogens (tertiary/aromatic N) is 2. The quantitative estimate of drug-likeness (QED) is 0.474. The maximum Gasteiger partial charge on any atom is 0.195 e. The molecule has 2 heteroatoms. The Kier molecular flexibility index (Phi) is 1.26. The highest BCUT2D eigenvalue weighted by Crippen LogP contribution is 2.13. The van der Waals surface area contributed by atoms with Crippen LogP contribution in [0.3, 0.4) is 0 Å². The summed E-state index contributed by atoms with van der Waals surface area (Å²) >= 11 is 0. The van der Waals surface area contributed by atoms with Gasteiger partial charge in [0.1, 0.15) is 0 Å². The van der Waals surface area contributed by atoms with Crippen LogP contribution in [0.1, 0.15) is 25.8 Å². The van der Waals surface area contributed by atoms with Gasteiger partial charge in [-0.15, -0.1) is 4.68 Å². The monoisotopic (exact) mass is 137 g/mol. The minimum absolute atomic E-state index is 0.698. The van der Waals surface area contributed by atoms with Crippen LogP contribution in [0, 0.1) is 0 Å². The van der Waals surface area contributed by atoms with E-state index in [2.05, 4.69) is 34.7 Å². The molecule has 2 nitrogen and oxygen atoms in total. The molecule has 2 rings (SSSR count). The molecule has 0 saturated heterocycles. The molecular weight excluding hydrogens is 124 g/mol. The van der Waals surface area contributed by atoms with Crippen LogP contribution in [0.15, 0.2) is 18.5 Å². The van der Waals surface area contributed by atoms with Crippen molar-refractivity contribution in [3.8, 4) is 0 Å². The van der Waals surface area contributed by atoms with Crippen LogP contribution >= 0.6 is 0 Å². The van der Waals surface area contributed by atoms with E-state index in [1.807, 2.05) is 0 Å². The van der Waals surface area contributed by atoms with Gasteiger partial charge in [-0.3, -0.25) is 0 Å². The molecule has 0 spiro atoms. The first-order valence-electron chi connectivity index (χ1n) is 3.94. The van der Waals surface area contributed by atoms with Crippen molar-refractivity contribution in [2.45, 2.75) is 32.4 Å². The summed E-state index contributed by atoms with van der Waals surface area (Å²) in [5.74, 6) is 0. The van der Waals surface area contributed by atoms with Gasteiger partial charge < -0.3 is 0 Å². The summed E-state index contributed by atoms with van der Waals surface area (Å²) < 4.78 is 4.59. The molecule has 1 atom stereocenters. The third-order valence-corrected chi connectivity index (χ3v) is 2.25. The van der Waals surface area contributed by atoms with E-state index in [9.17, 15) is 0 Å². The second kappa shape index (κ2) is 2.11. The average Bonchev–Trinajstić information content (AvgIpc) is 2.36. The van der Waals surface area contributed by atoms with E-state index >= 15 is 0 Å². The van der Waals surface area contributed by atoms with Gasteiger partial charge in [0.25, 0.3) is 0 Å². The highest BCUT2D eigenvalue weighted by atomic mass is 15.4. The first-order valence-corrected chi connectivity index (χ1v) is 3.94. The van der Waals surface area contributed by atoms with E-state index in [4.69, 9.17) is 0 Å². The van der Waals surface area contributed by atoms with Crippen LogP contribution in [-0.2, 0) is 6.54 Å². The van der Waals surface area contributed by atoms with Crippen molar-refractivity contribution in [2.24, 2.45) is 0 Å². The maximum atomic E-state index is 2.31. The van der Waals surface area contributed by atoms with Gasteiger partial charge in [0.15, 0.2) is 12.7 Å². The molecule has 1 aromatic rings. The van der Waals surface area contributed by atoms with Gasteiger partial charge in [-0.05, 0) is 13.3 Å². The molecule has 10 heavy (non-hydrogen) atoms. The zero-order valence-electron chi connectivity index (χ0n) is 6.33. The largest absolute Gasteiger partial charge is 0.195 e. The lowest BCUT2D eigenvalue weighted by atomic mass is 10.1. The fraction of sp³-hybridized carbons (Fsp3) is 0.625. The Hall–Kier alpha value is -0.790. The zero-order valence-corrected chi connectivity index (χ0v) is 6.33. The van der Waals surface area contributed by atoms with Gasteiger partial charge in [-0.25, -0.2) is 0 Å². The molecule has 0 bridgehead atoms. The van der Waals surface area contributed by atoms with Crippen LogP contribution in [0.4, 0.5) is 0 Å². The Morgan fingerprint density at radius 1 is 1.60 bits per heavy atom. The van der Waals surface area contributed by atoms with Crippen LogP contribution in [0.5, 0.6) is 0 Å². The van der Waals surface area contributed by atoms with Crippen molar-refractivity contribution in [1.82, 2.24) is 4.68 Å². The highest BCUT2D eigenvalue weighted by molar-refractivity contribution is 4.75. The van der Waals surface area contributed by atoms with Crippen molar-refractivity contribution in [1.29, 1.82) is 0 Å². The number of fused-ring (bicyclic) bond motifs is 1. The molecule has 0 saturated carbocycles. The molecule has 0 aliphatic carbocycles. The first kappa shape index (κ1) is 5.96. The van der Waals surface area contributed by atoms with Crippen LogP contribution < -0.4 is 4.68 Å². The highest BCUT2D eigenvalue weighted by Gasteiger charge is 2.19. The van der Waals surface area contributed by atoms with Crippen molar-refractivity contribution in [2.75, 3.05) is 0 Å². The standard InChI is InChI=1S/C8H13N2/c1-8-4-2-5-9-6-3-7-10(8)9/h3,6-8H,2,4-5H2,1H3/q+1. The van der Waals surface area contributed by atoms with Gasteiger partial charge in [0.2, 0.25) is 0 Å². The smallest absolute Gasteiger partial charge is 0.158 e. The Morgan fingerprint density at radius 2 is 2.50 bits per heavy atom. The summed E-state index contributed by atoms with van der Waals surface area (Å²) in [5, 5.41) is 0. The first-order chi connectivity index (χ1) is 4.88. The average molecular weight is 137 g/mol. The minimum atomic E-state index is 0.698. The van der Waals surface area contributed by atoms with Gasteiger partial charge in [-0.1, -0.05) is 0 Å². The van der Waals surface area contributed by atoms with Crippen LogP contribution in [0.25, 0.3) is 0 Å². The van der Waals surface area contributed by atoms with Gasteiger partial charge >= 0.3 is 0 Å². The SMILES string of the molecule is CC1CCC[n+]2cccn21. The molecule has 0 amide bonds. The topological polar surface area (TPSA) is 8.81 Å². The summed E-state index contributed by atoms with van der Waals surface area (Å²) in [5.41, 5.74) is 0. The molecule has 54 valence electrons. The van der Waals surface area contributed by atoms with Crippen molar-refractivity contribution in [3.05, 3.63) is 18.5 Å². The molecule has 0 radical (unpaired) electrons. The lowest BCUT2D eigenvalue weighted by molar-refractivity contribution is -0.784. The van der Waals surface area contributed by atoms with Crippen LogP contribution in [-0.4, -0.2) is 4.68 Å². The van der Waals surface area contributed by atoms with Crippen LogP contribution in [0.2, 0.25) is 0 Å². The van der Waals surface area contributed by atoms with Gasteiger partial charge in [-0.2, -0.15) is 4.68 Å². The third kappa shape index (κ3) is 0.753. The molecule has 1 unspecified atom stereocenters. The number of aromatic nitrogens is 2. The summed E-state index contributed by atoms with van der Waals surface area (Å²) in [6.45, 7) is 3.47. The summed E-state index contributed by atoms with van der Waals surface area (Å²) in [4.78, 5) is 0. The second-order valence-electron chi connectivity index (χ2n) is 3.02. The maximum absolute atomic E-state index is 2.31. The number of hydrogen-bond acceptors (Lipinski definition) is 0. The Balaban J connectivity index is 2.41. The number of aryl methyl sites for hydroxylation is 1. The molecule has 2 heterocycles. The van der Waals surface area contributed by atoms with E-state index in [0.29, 0.717) is 6.04 Å². The molecule has 0 N–H and O–H groups in total. The molecule has 0 aromatic carbocycles. The van der Waals surface area contributed by atoms with Crippen molar-refractivity contribution in [3.63, 3.8) is 0 Å². The molecule has 1 aliphatic rings. The van der Waals surface area contributed by atoms with E-state index in [1.165, 1.54) is 19.4 Å². The fourth-order valence-electron chi connectivity index (χ4n) is 1.66. The van der Waals surface area contributed by atoms with Crippen molar-refractivity contribution >= 4 is 0 Å². The zero-order chi connectivity index (χ0) is 6.97. The van der Waals surface area contributed by atoms with E-state index in [0.717, 1.165) is 0 Å². The Bertz CT molecular complexity index is 227. The van der Waals surface area contributed by atoms with E-state index in [-0.39, 0.29) is 0 Å². The van der Waals surface area contributed by atoms with Crippen molar-refractivity contribution < 1.29 is 4.68 Å². The van der Waals surface area contributed by atoms with E-state index in [1.54, 1.807) is 0 Å². The summed E-state index contributed by atoms with van der Waals surface area (Å²) in [7, 11) is 0. The van der Waals surface area contributed by atoms with Gasteiger partial charge in [0.05, 0.1) is 12.2 Å². The third-order valence-electron chi connectivity index (χ3n) is 2.25. The predicted molar refractivity (Wildman–Crippen MR) is 38.6 cm³/mol. The Morgan fingerprint density at radius 3 is 3.30 bits per heavy atom. The molecule has 1 aromatic heterocycles. The fourth-order valence-corrected chi connectivity index (χ4v) is 1.66. The Labute approximate surface area is 61.1 Å². The molecule has 1 aliphatic heterocycles. The summed E-state index contributed by atoms with van der Waals surface area (Å²) in [6, 6.07) is 2.81. The normalized spacial score (nSPS) is 24.3. The lowest BCUT2D eigenvalue weighted by Crippen LogP contribution is -2.46. The molecular formula is C8H13N2+. The minimum Gasteiger partial charge on any atom is -0.158 e.